The van der Waals surface area contributed by atoms with E-state index in [2.05, 4.69) is 53.4 Å². The van der Waals surface area contributed by atoms with Gasteiger partial charge < -0.3 is 15.1 Å². The van der Waals surface area contributed by atoms with Crippen LogP contribution in [0.15, 0.2) is 48.5 Å². The summed E-state index contributed by atoms with van der Waals surface area (Å²) in [5.74, 6) is 0.0654. The number of hydrogen-bond donors (Lipinski definition) is 1. The van der Waals surface area contributed by atoms with Crippen molar-refractivity contribution in [3.63, 3.8) is 0 Å². The SMILES string of the molecule is Cc1cc(NC(=O)CCc2ccccc2)ccc1N1CCN(C)CC1. The van der Waals surface area contributed by atoms with Gasteiger partial charge in [-0.15, -0.1) is 0 Å². The summed E-state index contributed by atoms with van der Waals surface area (Å²) in [6, 6.07) is 16.3. The van der Waals surface area contributed by atoms with Crippen LogP contribution in [0.3, 0.4) is 0 Å². The third-order valence-corrected chi connectivity index (χ3v) is 4.81. The summed E-state index contributed by atoms with van der Waals surface area (Å²) in [5.41, 5.74) is 4.56. The zero-order chi connectivity index (χ0) is 17.6. The van der Waals surface area contributed by atoms with E-state index in [0.717, 1.165) is 38.3 Å². The number of aryl methyl sites for hydroxylation is 2. The van der Waals surface area contributed by atoms with E-state index < -0.39 is 0 Å². The van der Waals surface area contributed by atoms with Crippen molar-refractivity contribution >= 4 is 17.3 Å². The molecule has 0 unspecified atom stereocenters. The van der Waals surface area contributed by atoms with Crippen molar-refractivity contribution in [2.75, 3.05) is 43.4 Å². The summed E-state index contributed by atoms with van der Waals surface area (Å²) in [6.45, 7) is 6.42. The van der Waals surface area contributed by atoms with Gasteiger partial charge in [0.1, 0.15) is 0 Å². The minimum Gasteiger partial charge on any atom is -0.369 e. The first kappa shape index (κ1) is 17.5. The zero-order valence-electron chi connectivity index (χ0n) is 15.2. The number of carbonyl (C=O) groups excluding carboxylic acids is 1. The Kier molecular flexibility index (Phi) is 5.71. The maximum absolute atomic E-state index is 12.2. The highest BCUT2D eigenvalue weighted by Gasteiger charge is 2.16. The summed E-state index contributed by atoms with van der Waals surface area (Å²) in [6.07, 6.45) is 1.27. The minimum absolute atomic E-state index is 0.0654. The lowest BCUT2D eigenvalue weighted by Crippen LogP contribution is -2.44. The van der Waals surface area contributed by atoms with E-state index >= 15 is 0 Å². The highest BCUT2D eigenvalue weighted by Crippen LogP contribution is 2.24. The van der Waals surface area contributed by atoms with E-state index in [0.29, 0.717) is 6.42 Å². The number of benzene rings is 2. The third-order valence-electron chi connectivity index (χ3n) is 4.81. The number of nitrogens with one attached hydrogen (secondary N) is 1. The third kappa shape index (κ3) is 4.83. The number of nitrogens with zero attached hydrogens (tertiary/aromatic N) is 2. The van der Waals surface area contributed by atoms with Gasteiger partial charge in [0.15, 0.2) is 0 Å². The Morgan fingerprint density at radius 1 is 1.04 bits per heavy atom. The number of anilines is 2. The Hall–Kier alpha value is -2.33. The minimum atomic E-state index is 0.0654. The van der Waals surface area contributed by atoms with E-state index in [1.54, 1.807) is 0 Å². The molecule has 1 aliphatic heterocycles. The van der Waals surface area contributed by atoms with Crippen molar-refractivity contribution in [2.24, 2.45) is 0 Å². The Labute approximate surface area is 150 Å². The molecule has 1 aliphatic rings. The van der Waals surface area contributed by atoms with Crippen LogP contribution in [0.1, 0.15) is 17.5 Å². The lowest BCUT2D eigenvalue weighted by atomic mass is 10.1. The van der Waals surface area contributed by atoms with Gasteiger partial charge in [-0.05, 0) is 49.7 Å². The van der Waals surface area contributed by atoms with E-state index in [1.165, 1.54) is 16.8 Å². The van der Waals surface area contributed by atoms with Crippen LogP contribution in [0.2, 0.25) is 0 Å². The number of rotatable bonds is 5. The normalized spacial score (nSPS) is 15.2. The number of carbonyl (C=O) groups is 1. The standard InChI is InChI=1S/C21H27N3O/c1-17-16-19(9-10-20(17)24-14-12-23(2)13-15-24)22-21(25)11-8-18-6-4-3-5-7-18/h3-7,9-10,16H,8,11-15H2,1-2H3,(H,22,25). The van der Waals surface area contributed by atoms with Gasteiger partial charge in [0, 0.05) is 44.0 Å². The first-order chi connectivity index (χ1) is 12.1. The largest absolute Gasteiger partial charge is 0.369 e. The average Bonchev–Trinajstić information content (AvgIpc) is 2.62. The van der Waals surface area contributed by atoms with Gasteiger partial charge in [-0.25, -0.2) is 0 Å². The summed E-state index contributed by atoms with van der Waals surface area (Å²) in [5, 5.41) is 3.02. The van der Waals surface area contributed by atoms with Gasteiger partial charge in [-0.3, -0.25) is 4.79 Å². The zero-order valence-corrected chi connectivity index (χ0v) is 15.2. The first-order valence-electron chi connectivity index (χ1n) is 9.00. The molecule has 2 aromatic carbocycles. The fraction of sp³-hybridized carbons (Fsp3) is 0.381. The number of amides is 1. The number of piperazine rings is 1. The van der Waals surface area contributed by atoms with Crippen LogP contribution in [-0.4, -0.2) is 44.0 Å². The van der Waals surface area contributed by atoms with Gasteiger partial charge in [0.2, 0.25) is 5.91 Å². The Bertz CT molecular complexity index is 706. The molecule has 3 rings (SSSR count). The van der Waals surface area contributed by atoms with Crippen molar-refractivity contribution in [3.8, 4) is 0 Å². The molecule has 0 spiro atoms. The highest BCUT2D eigenvalue weighted by molar-refractivity contribution is 5.91. The molecular weight excluding hydrogens is 310 g/mol. The van der Waals surface area contributed by atoms with Crippen molar-refractivity contribution in [1.29, 1.82) is 0 Å². The molecule has 2 aromatic rings. The first-order valence-corrected chi connectivity index (χ1v) is 9.00. The van der Waals surface area contributed by atoms with Gasteiger partial charge in [-0.2, -0.15) is 0 Å². The second-order valence-corrected chi connectivity index (χ2v) is 6.83. The average molecular weight is 337 g/mol. The summed E-state index contributed by atoms with van der Waals surface area (Å²) >= 11 is 0. The maximum Gasteiger partial charge on any atom is 0.224 e. The van der Waals surface area contributed by atoms with Crippen LogP contribution in [-0.2, 0) is 11.2 Å². The molecule has 1 fully saturated rings. The van der Waals surface area contributed by atoms with Crippen LogP contribution in [0.5, 0.6) is 0 Å². The van der Waals surface area contributed by atoms with E-state index in [9.17, 15) is 4.79 Å². The van der Waals surface area contributed by atoms with Crippen LogP contribution < -0.4 is 10.2 Å². The second kappa shape index (κ2) is 8.17. The number of likely N-dealkylation sites (N-methyl/N-ethyl adjacent to an activating group) is 1. The summed E-state index contributed by atoms with van der Waals surface area (Å²) in [7, 11) is 2.16. The van der Waals surface area contributed by atoms with E-state index in [4.69, 9.17) is 0 Å². The lowest BCUT2D eigenvalue weighted by molar-refractivity contribution is -0.116. The smallest absolute Gasteiger partial charge is 0.224 e. The van der Waals surface area contributed by atoms with Crippen LogP contribution in [0.4, 0.5) is 11.4 Å². The summed E-state index contributed by atoms with van der Waals surface area (Å²) < 4.78 is 0. The molecule has 1 amide bonds. The van der Waals surface area contributed by atoms with Crippen LogP contribution >= 0.6 is 0 Å². The Morgan fingerprint density at radius 2 is 1.76 bits per heavy atom. The second-order valence-electron chi connectivity index (χ2n) is 6.83. The Balaban J connectivity index is 1.56. The maximum atomic E-state index is 12.2. The van der Waals surface area contributed by atoms with Gasteiger partial charge in [0.25, 0.3) is 0 Å². The van der Waals surface area contributed by atoms with Crippen LogP contribution in [0.25, 0.3) is 0 Å². The molecule has 0 aliphatic carbocycles. The molecule has 1 heterocycles. The molecular formula is C21H27N3O. The van der Waals surface area contributed by atoms with Crippen molar-refractivity contribution < 1.29 is 4.79 Å². The topological polar surface area (TPSA) is 35.6 Å². The molecule has 25 heavy (non-hydrogen) atoms. The quantitative estimate of drug-likeness (QED) is 0.909. The highest BCUT2D eigenvalue weighted by atomic mass is 16.1. The van der Waals surface area contributed by atoms with Crippen LogP contribution in [0, 0.1) is 6.92 Å². The van der Waals surface area contributed by atoms with Gasteiger partial charge in [-0.1, -0.05) is 30.3 Å². The molecule has 0 saturated carbocycles. The monoisotopic (exact) mass is 337 g/mol. The van der Waals surface area contributed by atoms with Crippen molar-refractivity contribution in [2.45, 2.75) is 19.8 Å². The molecule has 0 bridgehead atoms. The molecule has 1 saturated heterocycles. The van der Waals surface area contributed by atoms with Crippen molar-refractivity contribution in [1.82, 2.24) is 4.90 Å². The fourth-order valence-electron chi connectivity index (χ4n) is 3.26. The fourth-order valence-corrected chi connectivity index (χ4v) is 3.26. The molecule has 4 nitrogen and oxygen atoms in total. The molecule has 4 heteroatoms. The molecule has 132 valence electrons. The molecule has 0 radical (unpaired) electrons. The van der Waals surface area contributed by atoms with Crippen molar-refractivity contribution in [3.05, 3.63) is 59.7 Å². The Morgan fingerprint density at radius 3 is 2.44 bits per heavy atom. The predicted molar refractivity (Wildman–Crippen MR) is 104 cm³/mol. The predicted octanol–water partition coefficient (Wildman–Crippen LogP) is 3.32. The van der Waals surface area contributed by atoms with Gasteiger partial charge >= 0.3 is 0 Å². The summed E-state index contributed by atoms with van der Waals surface area (Å²) in [4.78, 5) is 17.0. The van der Waals surface area contributed by atoms with Gasteiger partial charge in [0.05, 0.1) is 0 Å². The molecule has 0 atom stereocenters. The molecule has 1 N–H and O–H groups in total. The lowest BCUT2D eigenvalue weighted by Gasteiger charge is -2.35. The number of hydrogen-bond acceptors (Lipinski definition) is 3. The molecule has 0 aromatic heterocycles. The van der Waals surface area contributed by atoms with E-state index in [1.807, 2.05) is 24.3 Å². The van der Waals surface area contributed by atoms with E-state index in [-0.39, 0.29) is 5.91 Å².